The maximum absolute atomic E-state index is 11.8. The van der Waals surface area contributed by atoms with Crippen molar-refractivity contribution in [2.45, 2.75) is 19.4 Å². The molecule has 2 heterocycles. The number of likely N-dealkylation sites (N-methyl/N-ethyl adjacent to an activating group) is 1. The summed E-state index contributed by atoms with van der Waals surface area (Å²) in [6, 6.07) is 8.30. The fourth-order valence-electron chi connectivity index (χ4n) is 2.74. The molecule has 1 aromatic carbocycles. The zero-order valence-corrected chi connectivity index (χ0v) is 11.7. The number of nitrogens with zero attached hydrogens (tertiary/aromatic N) is 1. The Labute approximate surface area is 118 Å². The molecule has 104 valence electrons. The van der Waals surface area contributed by atoms with Crippen molar-refractivity contribution in [1.82, 2.24) is 5.32 Å². The normalized spacial score (nSPS) is 15.5. The Kier molecular flexibility index (Phi) is 3.32. The van der Waals surface area contributed by atoms with Crippen molar-refractivity contribution in [2.24, 2.45) is 0 Å². The van der Waals surface area contributed by atoms with Crippen LogP contribution in [0.5, 0.6) is 0 Å². The van der Waals surface area contributed by atoms with Gasteiger partial charge in [0.25, 0.3) is 0 Å². The molecule has 0 fully saturated rings. The van der Waals surface area contributed by atoms with Crippen LogP contribution in [0.25, 0.3) is 0 Å². The van der Waals surface area contributed by atoms with E-state index in [4.69, 9.17) is 4.42 Å². The molecule has 4 nitrogen and oxygen atoms in total. The molecule has 1 aromatic heterocycles. The van der Waals surface area contributed by atoms with Crippen LogP contribution in [-0.2, 0) is 11.2 Å². The van der Waals surface area contributed by atoms with Gasteiger partial charge in [0, 0.05) is 18.3 Å². The molecule has 1 N–H and O–H groups in total. The van der Waals surface area contributed by atoms with E-state index < -0.39 is 0 Å². The van der Waals surface area contributed by atoms with Gasteiger partial charge in [0.05, 0.1) is 25.0 Å². The lowest BCUT2D eigenvalue weighted by Gasteiger charge is -2.18. The molecule has 20 heavy (non-hydrogen) atoms. The van der Waals surface area contributed by atoms with E-state index in [1.165, 1.54) is 0 Å². The Balaban J connectivity index is 1.97. The quantitative estimate of drug-likeness (QED) is 0.928. The van der Waals surface area contributed by atoms with Crippen LogP contribution >= 0.6 is 0 Å². The average Bonchev–Trinajstić information content (AvgIpc) is 3.06. The van der Waals surface area contributed by atoms with E-state index in [0.29, 0.717) is 6.42 Å². The molecule has 1 atom stereocenters. The van der Waals surface area contributed by atoms with Gasteiger partial charge < -0.3 is 14.6 Å². The summed E-state index contributed by atoms with van der Waals surface area (Å²) in [5.41, 5.74) is 4.38. The van der Waals surface area contributed by atoms with Gasteiger partial charge >= 0.3 is 0 Å². The van der Waals surface area contributed by atoms with Crippen LogP contribution in [0.2, 0.25) is 0 Å². The summed E-state index contributed by atoms with van der Waals surface area (Å²) in [4.78, 5) is 13.5. The Morgan fingerprint density at radius 2 is 2.20 bits per heavy atom. The Bertz CT molecular complexity index is 619. The molecule has 1 amide bonds. The number of nitrogens with one attached hydrogen (secondary N) is 1. The predicted molar refractivity (Wildman–Crippen MR) is 77.8 cm³/mol. The van der Waals surface area contributed by atoms with Gasteiger partial charge in [-0.05, 0) is 29.8 Å². The number of benzene rings is 1. The minimum absolute atomic E-state index is 0.102. The smallest absolute Gasteiger partial charge is 0.231 e. The van der Waals surface area contributed by atoms with Crippen molar-refractivity contribution in [3.05, 3.63) is 53.5 Å². The van der Waals surface area contributed by atoms with Crippen molar-refractivity contribution >= 4 is 11.6 Å². The third-order valence-electron chi connectivity index (χ3n) is 3.80. The minimum atomic E-state index is 0.102. The van der Waals surface area contributed by atoms with E-state index in [0.717, 1.165) is 28.9 Å². The second-order valence-electron chi connectivity index (χ2n) is 5.07. The van der Waals surface area contributed by atoms with E-state index in [2.05, 4.69) is 24.4 Å². The first-order chi connectivity index (χ1) is 9.70. The highest BCUT2D eigenvalue weighted by molar-refractivity contribution is 6.00. The van der Waals surface area contributed by atoms with Crippen LogP contribution in [0.3, 0.4) is 0 Å². The molecule has 0 radical (unpaired) electrons. The lowest BCUT2D eigenvalue weighted by molar-refractivity contribution is -0.117. The van der Waals surface area contributed by atoms with Crippen molar-refractivity contribution in [3.8, 4) is 0 Å². The van der Waals surface area contributed by atoms with E-state index in [9.17, 15) is 4.79 Å². The summed E-state index contributed by atoms with van der Waals surface area (Å²) in [6.07, 6.45) is 3.94. The number of anilines is 1. The van der Waals surface area contributed by atoms with Gasteiger partial charge in [-0.25, -0.2) is 0 Å². The summed E-state index contributed by atoms with van der Waals surface area (Å²) < 4.78 is 5.19. The second kappa shape index (κ2) is 5.13. The van der Waals surface area contributed by atoms with Crippen LogP contribution in [0.4, 0.5) is 5.69 Å². The molecular formula is C16H18N2O2. The van der Waals surface area contributed by atoms with Gasteiger partial charge in [-0.15, -0.1) is 0 Å². The first-order valence-corrected chi connectivity index (χ1v) is 6.85. The predicted octanol–water partition coefficient (Wildman–Crippen LogP) is 2.50. The molecule has 0 spiro atoms. The number of furan rings is 1. The van der Waals surface area contributed by atoms with Crippen LogP contribution < -0.4 is 10.2 Å². The molecule has 4 heteroatoms. The molecule has 0 saturated carbocycles. The lowest BCUT2D eigenvalue weighted by atomic mass is 9.98. The van der Waals surface area contributed by atoms with Gasteiger partial charge in [0.15, 0.2) is 0 Å². The maximum atomic E-state index is 11.8. The monoisotopic (exact) mass is 270 g/mol. The molecule has 1 unspecified atom stereocenters. The van der Waals surface area contributed by atoms with E-state index in [1.54, 1.807) is 17.4 Å². The molecule has 1 aliphatic rings. The highest BCUT2D eigenvalue weighted by atomic mass is 16.3. The van der Waals surface area contributed by atoms with Gasteiger partial charge in [-0.3, -0.25) is 4.79 Å². The van der Waals surface area contributed by atoms with Crippen molar-refractivity contribution in [3.63, 3.8) is 0 Å². The fourth-order valence-corrected chi connectivity index (χ4v) is 2.74. The third kappa shape index (κ3) is 2.12. The summed E-state index contributed by atoms with van der Waals surface area (Å²) in [7, 11) is 1.83. The number of carbonyl (C=O) groups is 1. The van der Waals surface area contributed by atoms with E-state index >= 15 is 0 Å². The summed E-state index contributed by atoms with van der Waals surface area (Å²) in [5.74, 6) is 0.153. The Morgan fingerprint density at radius 3 is 2.90 bits per heavy atom. The SMILES string of the molecule is CCNC(c1ccoc1)c1ccc2c(c1)CC(=O)N2C. The summed E-state index contributed by atoms with van der Waals surface area (Å²) >= 11 is 0. The maximum Gasteiger partial charge on any atom is 0.231 e. The molecular weight excluding hydrogens is 252 g/mol. The van der Waals surface area contributed by atoms with Crippen molar-refractivity contribution in [1.29, 1.82) is 0 Å². The van der Waals surface area contributed by atoms with Gasteiger partial charge in [-0.2, -0.15) is 0 Å². The molecule has 1 aliphatic heterocycles. The highest BCUT2D eigenvalue weighted by Gasteiger charge is 2.25. The Hall–Kier alpha value is -2.07. The molecule has 3 rings (SSSR count). The first kappa shape index (κ1) is 12.9. The highest BCUT2D eigenvalue weighted by Crippen LogP contribution is 2.32. The van der Waals surface area contributed by atoms with E-state index in [-0.39, 0.29) is 11.9 Å². The minimum Gasteiger partial charge on any atom is -0.472 e. The summed E-state index contributed by atoms with van der Waals surface area (Å²) in [6.45, 7) is 2.95. The lowest BCUT2D eigenvalue weighted by Crippen LogP contribution is -2.21. The number of amides is 1. The number of hydrogen-bond acceptors (Lipinski definition) is 3. The zero-order chi connectivity index (χ0) is 14.1. The van der Waals surface area contributed by atoms with Gasteiger partial charge in [0.2, 0.25) is 5.91 Å². The number of fused-ring (bicyclic) bond motifs is 1. The summed E-state index contributed by atoms with van der Waals surface area (Å²) in [5, 5.41) is 3.46. The average molecular weight is 270 g/mol. The van der Waals surface area contributed by atoms with Crippen LogP contribution in [0, 0.1) is 0 Å². The van der Waals surface area contributed by atoms with Crippen molar-refractivity contribution < 1.29 is 9.21 Å². The van der Waals surface area contributed by atoms with Gasteiger partial charge in [-0.1, -0.05) is 19.1 Å². The molecule has 0 saturated heterocycles. The third-order valence-corrected chi connectivity index (χ3v) is 3.80. The molecule has 2 aromatic rings. The molecule has 0 bridgehead atoms. The Morgan fingerprint density at radius 1 is 1.35 bits per heavy atom. The standard InChI is InChI=1S/C16H18N2O2/c1-3-17-16(12-6-7-20-10-12)11-4-5-14-13(8-11)9-15(19)18(14)2/h4-8,10,16-17H,3,9H2,1-2H3. The number of carbonyl (C=O) groups excluding carboxylic acids is 1. The zero-order valence-electron chi connectivity index (χ0n) is 11.7. The first-order valence-electron chi connectivity index (χ1n) is 6.85. The molecule has 0 aliphatic carbocycles. The number of rotatable bonds is 4. The van der Waals surface area contributed by atoms with Crippen LogP contribution in [-0.4, -0.2) is 19.5 Å². The van der Waals surface area contributed by atoms with Crippen LogP contribution in [0.15, 0.2) is 41.2 Å². The number of hydrogen-bond donors (Lipinski definition) is 1. The topological polar surface area (TPSA) is 45.5 Å². The van der Waals surface area contributed by atoms with Crippen molar-refractivity contribution in [2.75, 3.05) is 18.5 Å². The van der Waals surface area contributed by atoms with Gasteiger partial charge in [0.1, 0.15) is 0 Å². The van der Waals surface area contributed by atoms with Crippen LogP contribution in [0.1, 0.15) is 29.7 Å². The fraction of sp³-hybridized carbons (Fsp3) is 0.312. The van der Waals surface area contributed by atoms with E-state index in [1.807, 2.05) is 19.2 Å². The largest absolute Gasteiger partial charge is 0.472 e. The second-order valence-corrected chi connectivity index (χ2v) is 5.07.